The number of hydrogen-bond acceptors (Lipinski definition) is 3. The molecule has 1 atom stereocenters. The Morgan fingerprint density at radius 2 is 2.14 bits per heavy atom. The van der Waals surface area contributed by atoms with Crippen molar-refractivity contribution in [2.75, 3.05) is 13.2 Å². The molecule has 1 spiro atoms. The highest BCUT2D eigenvalue weighted by Crippen LogP contribution is 2.41. The summed E-state index contributed by atoms with van der Waals surface area (Å²) in [6.07, 6.45) is 7.95. The van der Waals surface area contributed by atoms with E-state index in [4.69, 9.17) is 26.8 Å². The quantitative estimate of drug-likeness (QED) is 0.922. The molecular weight excluding hydrogens is 286 g/mol. The molecule has 1 saturated carbocycles. The summed E-state index contributed by atoms with van der Waals surface area (Å²) in [6, 6.07) is 5.83. The Hall–Kier alpha value is -0.770. The molecule has 116 valence electrons. The fourth-order valence-corrected chi connectivity index (χ4v) is 3.84. The Balaban J connectivity index is 1.71. The average molecular weight is 310 g/mol. The Morgan fingerprint density at radius 3 is 2.90 bits per heavy atom. The summed E-state index contributed by atoms with van der Waals surface area (Å²) in [7, 11) is 0. The number of nitrogens with two attached hydrogens (primary N) is 1. The van der Waals surface area contributed by atoms with Gasteiger partial charge < -0.3 is 15.2 Å². The van der Waals surface area contributed by atoms with Gasteiger partial charge in [0, 0.05) is 17.9 Å². The van der Waals surface area contributed by atoms with E-state index in [9.17, 15) is 0 Å². The van der Waals surface area contributed by atoms with Crippen LogP contribution in [0, 0.1) is 0 Å². The molecule has 3 rings (SSSR count). The number of hydrogen-bond donors (Lipinski definition) is 1. The molecular formula is C17H24ClNO2. The third kappa shape index (κ3) is 3.53. The number of rotatable bonds is 4. The lowest BCUT2D eigenvalue weighted by Crippen LogP contribution is -2.41. The van der Waals surface area contributed by atoms with Gasteiger partial charge in [-0.2, -0.15) is 0 Å². The maximum atomic E-state index is 6.29. The zero-order chi connectivity index (χ0) is 14.7. The first kappa shape index (κ1) is 15.1. The van der Waals surface area contributed by atoms with Crippen molar-refractivity contribution in [1.82, 2.24) is 0 Å². The maximum Gasteiger partial charge on any atom is 0.123 e. The van der Waals surface area contributed by atoms with Crippen LogP contribution in [0.25, 0.3) is 0 Å². The zero-order valence-electron chi connectivity index (χ0n) is 12.4. The third-order valence-corrected chi connectivity index (χ3v) is 4.93. The van der Waals surface area contributed by atoms with Gasteiger partial charge in [-0.25, -0.2) is 0 Å². The first-order valence-corrected chi connectivity index (χ1v) is 8.38. The van der Waals surface area contributed by atoms with Gasteiger partial charge >= 0.3 is 0 Å². The van der Waals surface area contributed by atoms with Gasteiger partial charge in [-0.15, -0.1) is 0 Å². The van der Waals surface area contributed by atoms with Crippen molar-refractivity contribution >= 4 is 11.6 Å². The second-order valence-corrected chi connectivity index (χ2v) is 6.70. The van der Waals surface area contributed by atoms with Crippen LogP contribution in [0.1, 0.15) is 44.1 Å². The van der Waals surface area contributed by atoms with Gasteiger partial charge in [0.1, 0.15) is 11.9 Å². The van der Waals surface area contributed by atoms with Gasteiger partial charge in [-0.1, -0.05) is 24.4 Å². The third-order valence-electron chi connectivity index (χ3n) is 4.69. The van der Waals surface area contributed by atoms with Crippen molar-refractivity contribution in [2.45, 2.75) is 56.7 Å². The van der Waals surface area contributed by atoms with Gasteiger partial charge in [0.15, 0.2) is 0 Å². The van der Waals surface area contributed by atoms with Gasteiger partial charge in [0.05, 0.1) is 12.2 Å². The minimum Gasteiger partial charge on any atom is -0.490 e. The summed E-state index contributed by atoms with van der Waals surface area (Å²) < 4.78 is 12.4. The molecule has 2 aliphatic rings. The zero-order valence-corrected chi connectivity index (χ0v) is 13.2. The average Bonchev–Trinajstić information content (AvgIpc) is 2.90. The van der Waals surface area contributed by atoms with Crippen LogP contribution >= 0.6 is 11.6 Å². The lowest BCUT2D eigenvalue weighted by molar-refractivity contribution is -0.108. The highest BCUT2D eigenvalue weighted by molar-refractivity contribution is 6.30. The topological polar surface area (TPSA) is 44.5 Å². The molecule has 2 fully saturated rings. The van der Waals surface area contributed by atoms with Crippen LogP contribution < -0.4 is 10.5 Å². The standard InChI is InChI=1S/C17H24ClNO2/c18-14-3-4-16(13(11-14)5-9-19)21-15-6-10-20-17(12-15)7-1-2-8-17/h3-4,11,15H,1-2,5-10,12,19H2. The summed E-state index contributed by atoms with van der Waals surface area (Å²) in [5, 5.41) is 0.741. The normalized spacial score (nSPS) is 24.4. The van der Waals surface area contributed by atoms with E-state index in [0.717, 1.165) is 42.2 Å². The van der Waals surface area contributed by atoms with Crippen molar-refractivity contribution < 1.29 is 9.47 Å². The molecule has 1 aromatic rings. The van der Waals surface area contributed by atoms with Gasteiger partial charge in [0.2, 0.25) is 0 Å². The Labute approximate surface area is 131 Å². The molecule has 1 heterocycles. The predicted molar refractivity (Wildman–Crippen MR) is 85.0 cm³/mol. The Bertz CT molecular complexity index is 486. The van der Waals surface area contributed by atoms with Crippen LogP contribution in [-0.2, 0) is 11.2 Å². The lowest BCUT2D eigenvalue weighted by atomic mass is 9.90. The second kappa shape index (κ2) is 6.55. The summed E-state index contributed by atoms with van der Waals surface area (Å²) in [5.74, 6) is 0.935. The van der Waals surface area contributed by atoms with Crippen LogP contribution in [0.4, 0.5) is 0 Å². The fourth-order valence-electron chi connectivity index (χ4n) is 3.64. The van der Waals surface area contributed by atoms with Crippen LogP contribution in [0.5, 0.6) is 5.75 Å². The second-order valence-electron chi connectivity index (χ2n) is 6.26. The van der Waals surface area contributed by atoms with Crippen molar-refractivity contribution in [3.8, 4) is 5.75 Å². The molecule has 0 aromatic heterocycles. The Kier molecular flexibility index (Phi) is 4.72. The Morgan fingerprint density at radius 1 is 1.33 bits per heavy atom. The van der Waals surface area contributed by atoms with Crippen molar-refractivity contribution in [3.05, 3.63) is 28.8 Å². The molecule has 0 bridgehead atoms. The van der Waals surface area contributed by atoms with E-state index in [-0.39, 0.29) is 11.7 Å². The minimum absolute atomic E-state index is 0.0867. The summed E-state index contributed by atoms with van der Waals surface area (Å²) in [5.41, 5.74) is 6.88. The largest absolute Gasteiger partial charge is 0.490 e. The summed E-state index contributed by atoms with van der Waals surface area (Å²) in [6.45, 7) is 1.42. The smallest absolute Gasteiger partial charge is 0.123 e. The monoisotopic (exact) mass is 309 g/mol. The first-order chi connectivity index (χ1) is 10.2. The molecule has 1 saturated heterocycles. The maximum absolute atomic E-state index is 6.29. The van der Waals surface area contributed by atoms with Gasteiger partial charge in [0.25, 0.3) is 0 Å². The van der Waals surface area contributed by atoms with E-state index in [1.807, 2.05) is 18.2 Å². The van der Waals surface area contributed by atoms with Crippen LogP contribution in [0.15, 0.2) is 18.2 Å². The van der Waals surface area contributed by atoms with E-state index >= 15 is 0 Å². The first-order valence-electron chi connectivity index (χ1n) is 8.00. The molecule has 3 nitrogen and oxygen atoms in total. The molecule has 21 heavy (non-hydrogen) atoms. The number of halogens is 1. The van der Waals surface area contributed by atoms with E-state index in [2.05, 4.69) is 0 Å². The van der Waals surface area contributed by atoms with Crippen molar-refractivity contribution in [2.24, 2.45) is 5.73 Å². The molecule has 4 heteroatoms. The molecule has 1 aliphatic carbocycles. The fraction of sp³-hybridized carbons (Fsp3) is 0.647. The predicted octanol–water partition coefficient (Wildman–Crippen LogP) is 3.71. The van der Waals surface area contributed by atoms with E-state index in [1.54, 1.807) is 0 Å². The SMILES string of the molecule is NCCc1cc(Cl)ccc1OC1CCOC2(CCCC2)C1. The summed E-state index contributed by atoms with van der Waals surface area (Å²) >= 11 is 6.08. The van der Waals surface area contributed by atoms with Crippen molar-refractivity contribution in [3.63, 3.8) is 0 Å². The van der Waals surface area contributed by atoms with E-state index in [0.29, 0.717) is 6.54 Å². The summed E-state index contributed by atoms with van der Waals surface area (Å²) in [4.78, 5) is 0. The lowest BCUT2D eigenvalue weighted by Gasteiger charge is -2.38. The highest BCUT2D eigenvalue weighted by Gasteiger charge is 2.40. The molecule has 2 N–H and O–H groups in total. The van der Waals surface area contributed by atoms with E-state index in [1.165, 1.54) is 25.7 Å². The molecule has 1 aromatic carbocycles. The van der Waals surface area contributed by atoms with Crippen molar-refractivity contribution in [1.29, 1.82) is 0 Å². The van der Waals surface area contributed by atoms with Gasteiger partial charge in [-0.3, -0.25) is 0 Å². The van der Waals surface area contributed by atoms with Crippen LogP contribution in [0.2, 0.25) is 5.02 Å². The highest BCUT2D eigenvalue weighted by atomic mass is 35.5. The van der Waals surface area contributed by atoms with Gasteiger partial charge in [-0.05, 0) is 49.6 Å². The number of ether oxygens (including phenoxy) is 2. The van der Waals surface area contributed by atoms with Crippen LogP contribution in [0.3, 0.4) is 0 Å². The van der Waals surface area contributed by atoms with Crippen LogP contribution in [-0.4, -0.2) is 24.9 Å². The van der Waals surface area contributed by atoms with E-state index < -0.39 is 0 Å². The minimum atomic E-state index is 0.0867. The molecule has 0 radical (unpaired) electrons. The molecule has 0 amide bonds. The molecule has 1 unspecified atom stereocenters. The molecule has 1 aliphatic heterocycles. The number of benzene rings is 1.